The molecule has 0 saturated heterocycles. The van der Waals surface area contributed by atoms with Crippen LogP contribution in [0, 0.1) is 117 Å². The number of hydrogen-bond donors (Lipinski definition) is 0. The highest BCUT2D eigenvalue weighted by Gasteiger charge is 2.59. The third kappa shape index (κ3) is 19.8. The van der Waals surface area contributed by atoms with Gasteiger partial charge in [-0.3, -0.25) is 0 Å². The van der Waals surface area contributed by atoms with Crippen molar-refractivity contribution in [2.45, 2.75) is 277 Å². The summed E-state index contributed by atoms with van der Waals surface area (Å²) < 4.78 is 0. The number of rotatable bonds is 6. The van der Waals surface area contributed by atoms with Gasteiger partial charge in [-0.15, -0.1) is 0 Å². The van der Waals surface area contributed by atoms with Crippen LogP contribution >= 0.6 is 0 Å². The fourth-order valence-electron chi connectivity index (χ4n) is 13.5. The van der Waals surface area contributed by atoms with Crippen LogP contribution in [0.4, 0.5) is 0 Å². The third-order valence-electron chi connectivity index (χ3n) is 16.0. The molecule has 8 aliphatic rings. The third-order valence-corrected chi connectivity index (χ3v) is 16.0. The summed E-state index contributed by atoms with van der Waals surface area (Å²) in [6.07, 6.45) is 18.2. The van der Waals surface area contributed by atoms with Crippen molar-refractivity contribution in [3.05, 3.63) is 0 Å². The average molecular weight is 862 g/mol. The molecular formula is C61H128. The Morgan fingerprint density at radius 2 is 0.525 bits per heavy atom. The maximum Gasteiger partial charge on any atom is -0.0294 e. The zero-order chi connectivity index (χ0) is 48.6. The van der Waals surface area contributed by atoms with Crippen molar-refractivity contribution in [2.24, 2.45) is 117 Å². The molecule has 8 aliphatic carbocycles. The highest BCUT2D eigenvalue weighted by atomic mass is 14.6. The van der Waals surface area contributed by atoms with E-state index in [1.54, 1.807) is 6.42 Å². The monoisotopic (exact) mass is 861 g/mol. The molecule has 0 nitrogen and oxygen atoms in total. The van der Waals surface area contributed by atoms with Gasteiger partial charge in [-0.1, -0.05) is 232 Å². The zero-order valence-corrected chi connectivity index (χ0v) is 48.6. The van der Waals surface area contributed by atoms with E-state index in [1.807, 2.05) is 0 Å². The Balaban J connectivity index is -0.000000693. The minimum Gasteiger partial charge on any atom is -0.0656 e. The number of hydrogen-bond acceptors (Lipinski definition) is 0. The van der Waals surface area contributed by atoms with Crippen LogP contribution in [0.15, 0.2) is 0 Å². The fraction of sp³-hybridized carbons (Fsp3) is 1.00. The highest BCUT2D eigenvalue weighted by molar-refractivity contribution is 5.08. The van der Waals surface area contributed by atoms with E-state index in [-0.39, 0.29) is 0 Å². The molecule has 0 aromatic carbocycles. The van der Waals surface area contributed by atoms with E-state index in [2.05, 4.69) is 194 Å². The normalized spacial score (nSPS) is 32.4. The minimum atomic E-state index is 0.653. The maximum absolute atomic E-state index is 2.51. The second-order valence-corrected chi connectivity index (χ2v) is 24.9. The molecule has 0 spiro atoms. The van der Waals surface area contributed by atoms with Crippen LogP contribution in [0.1, 0.15) is 277 Å². The maximum atomic E-state index is 2.51. The van der Waals surface area contributed by atoms with Crippen molar-refractivity contribution < 1.29 is 0 Å². The van der Waals surface area contributed by atoms with Gasteiger partial charge in [-0.05, 0) is 162 Å². The van der Waals surface area contributed by atoms with Crippen molar-refractivity contribution in [1.82, 2.24) is 0 Å². The van der Waals surface area contributed by atoms with E-state index in [9.17, 15) is 0 Å². The van der Waals surface area contributed by atoms with Crippen LogP contribution in [0.5, 0.6) is 0 Å². The van der Waals surface area contributed by atoms with E-state index in [0.717, 1.165) is 107 Å². The van der Waals surface area contributed by atoms with Crippen molar-refractivity contribution >= 4 is 0 Å². The first-order valence-corrected chi connectivity index (χ1v) is 28.3. The van der Waals surface area contributed by atoms with Gasteiger partial charge in [0.15, 0.2) is 0 Å². The summed E-state index contributed by atoms with van der Waals surface area (Å²) in [5.74, 6) is 17.8. The van der Waals surface area contributed by atoms with Gasteiger partial charge in [0.1, 0.15) is 0 Å². The van der Waals surface area contributed by atoms with E-state index < -0.39 is 0 Å². The molecule has 0 heterocycles. The Hall–Kier alpha value is 0. The Labute approximate surface area is 393 Å². The summed E-state index contributed by atoms with van der Waals surface area (Å²) in [4.78, 5) is 0. The second-order valence-electron chi connectivity index (χ2n) is 24.9. The first kappa shape index (κ1) is 65.3. The Bertz CT molecular complexity index is 884. The van der Waals surface area contributed by atoms with Crippen LogP contribution in [0.3, 0.4) is 0 Å². The lowest BCUT2D eigenvalue weighted by molar-refractivity contribution is -0.156. The Morgan fingerprint density at radius 3 is 0.689 bits per heavy atom. The van der Waals surface area contributed by atoms with Gasteiger partial charge in [0.2, 0.25) is 0 Å². The molecule has 12 unspecified atom stereocenters. The average Bonchev–Trinajstić information content (AvgIpc) is 3.79. The van der Waals surface area contributed by atoms with E-state index in [1.165, 1.54) is 77.0 Å². The molecule has 8 fully saturated rings. The van der Waals surface area contributed by atoms with Crippen LogP contribution in [-0.4, -0.2) is 0 Å². The molecule has 0 radical (unpaired) electrons. The molecule has 0 aromatic rings. The predicted molar refractivity (Wildman–Crippen MR) is 287 cm³/mol. The first-order chi connectivity index (χ1) is 28.3. The standard InChI is InChI=1S/2C15H28.C13H24.6C3H8/c2*1-9(2)12-7-11-8-13(15(11,5)6)14(12)10(3)4;1-8(2)12-10-5-6-11(7-10)13(12)9(3)4;6*1-3-2/h2*9-14H,7-8H2,1-6H3;8-13H,5-7H2,1-4H3;6*3H2,1-2H3. The molecule has 0 aliphatic heterocycles. The lowest BCUT2D eigenvalue weighted by Gasteiger charge is -2.64. The lowest BCUT2D eigenvalue weighted by atomic mass is 9.41. The second kappa shape index (κ2) is 33.5. The summed E-state index contributed by atoms with van der Waals surface area (Å²) in [5.41, 5.74) is 1.31. The molecule has 12 atom stereocenters. The van der Waals surface area contributed by atoms with Gasteiger partial charge in [-0.25, -0.2) is 0 Å². The molecule has 372 valence electrons. The Morgan fingerprint density at radius 1 is 0.311 bits per heavy atom. The number of fused-ring (bicyclic) bond motifs is 6. The van der Waals surface area contributed by atoms with Crippen LogP contribution in [-0.2, 0) is 0 Å². The Kier molecular flexibility index (Phi) is 35.8. The summed E-state index contributed by atoms with van der Waals surface area (Å²) in [6.45, 7) is 64.7. The molecular weight excluding hydrogens is 733 g/mol. The largest absolute Gasteiger partial charge is 0.0656 e. The zero-order valence-electron chi connectivity index (χ0n) is 48.6. The fourth-order valence-corrected chi connectivity index (χ4v) is 13.5. The summed E-state index contributed by atoms with van der Waals surface area (Å²) >= 11 is 0. The molecule has 0 amide bonds. The van der Waals surface area contributed by atoms with Crippen LogP contribution in [0.2, 0.25) is 0 Å². The van der Waals surface area contributed by atoms with Gasteiger partial charge in [0.05, 0.1) is 0 Å². The molecule has 6 bridgehead atoms. The van der Waals surface area contributed by atoms with Crippen LogP contribution in [0.25, 0.3) is 0 Å². The lowest BCUT2D eigenvalue weighted by Crippen LogP contribution is -2.57. The van der Waals surface area contributed by atoms with Gasteiger partial charge < -0.3 is 0 Å². The summed E-state index contributed by atoms with van der Waals surface area (Å²) in [7, 11) is 0. The SMILES string of the molecule is CC(C)C1C2CCC(C2)C1C(C)C.CC(C)C1CC2CC(C1C(C)C)C2(C)C.CC(C)C1CC2CC(C1C(C)C)C2(C)C.CCC.CCC.CCC.CCC.CCC.CCC. The smallest absolute Gasteiger partial charge is 0.0294 e. The van der Waals surface area contributed by atoms with E-state index in [0.29, 0.717) is 10.8 Å². The topological polar surface area (TPSA) is 0 Å². The molecule has 8 rings (SSSR count). The van der Waals surface area contributed by atoms with Crippen molar-refractivity contribution in [3.63, 3.8) is 0 Å². The first-order valence-electron chi connectivity index (χ1n) is 28.3. The van der Waals surface area contributed by atoms with E-state index in [4.69, 9.17) is 0 Å². The van der Waals surface area contributed by atoms with E-state index >= 15 is 0 Å². The molecule has 0 heteroatoms. The van der Waals surface area contributed by atoms with Crippen molar-refractivity contribution in [3.8, 4) is 0 Å². The molecule has 61 heavy (non-hydrogen) atoms. The van der Waals surface area contributed by atoms with Gasteiger partial charge >= 0.3 is 0 Å². The van der Waals surface area contributed by atoms with Gasteiger partial charge in [-0.2, -0.15) is 0 Å². The summed E-state index contributed by atoms with van der Waals surface area (Å²) in [5, 5.41) is 0. The predicted octanol–water partition coefficient (Wildman–Crippen LogP) is 21.7. The highest BCUT2D eigenvalue weighted by Crippen LogP contribution is 2.66. The summed E-state index contributed by atoms with van der Waals surface area (Å²) in [6, 6.07) is 0. The van der Waals surface area contributed by atoms with Crippen LogP contribution < -0.4 is 0 Å². The van der Waals surface area contributed by atoms with Crippen molar-refractivity contribution in [2.75, 3.05) is 0 Å². The molecule has 8 saturated carbocycles. The van der Waals surface area contributed by atoms with Gasteiger partial charge in [0.25, 0.3) is 0 Å². The molecule has 0 N–H and O–H groups in total. The molecule has 0 aromatic heterocycles. The van der Waals surface area contributed by atoms with Crippen molar-refractivity contribution in [1.29, 1.82) is 0 Å². The van der Waals surface area contributed by atoms with Gasteiger partial charge in [0, 0.05) is 0 Å². The minimum absolute atomic E-state index is 0.653. The quantitative estimate of drug-likeness (QED) is 0.250.